The van der Waals surface area contributed by atoms with Crippen LogP contribution in [0.3, 0.4) is 0 Å². The summed E-state index contributed by atoms with van der Waals surface area (Å²) in [4.78, 5) is 0. The van der Waals surface area contributed by atoms with Crippen LogP contribution in [0, 0.1) is 30.4 Å². The molecular formula is C17H14F2O2. The lowest BCUT2D eigenvalue weighted by atomic mass is 10.1. The zero-order valence-corrected chi connectivity index (χ0v) is 11.5. The van der Waals surface area contributed by atoms with Gasteiger partial charge in [0.25, 0.3) is 0 Å². The number of benzene rings is 2. The van der Waals surface area contributed by atoms with Crippen molar-refractivity contribution in [3.8, 4) is 17.6 Å². The predicted molar refractivity (Wildman–Crippen MR) is 75.8 cm³/mol. The molecule has 2 aromatic rings. The summed E-state index contributed by atoms with van der Waals surface area (Å²) in [5, 5.41) is 8.75. The van der Waals surface area contributed by atoms with Gasteiger partial charge in [0.2, 0.25) is 0 Å². The van der Waals surface area contributed by atoms with Crippen molar-refractivity contribution < 1.29 is 18.6 Å². The van der Waals surface area contributed by atoms with E-state index in [4.69, 9.17) is 9.84 Å². The van der Waals surface area contributed by atoms with E-state index in [0.29, 0.717) is 11.3 Å². The Balaban J connectivity index is 2.24. The first-order valence-electron chi connectivity index (χ1n) is 6.38. The summed E-state index contributed by atoms with van der Waals surface area (Å²) in [7, 11) is 0. The van der Waals surface area contributed by atoms with Crippen LogP contribution >= 0.6 is 0 Å². The van der Waals surface area contributed by atoms with E-state index in [1.54, 1.807) is 12.1 Å². The molecule has 0 spiro atoms. The maximum atomic E-state index is 13.5. The highest BCUT2D eigenvalue weighted by molar-refractivity contribution is 5.48. The topological polar surface area (TPSA) is 29.5 Å². The average molecular weight is 288 g/mol. The van der Waals surface area contributed by atoms with E-state index < -0.39 is 11.6 Å². The molecule has 0 saturated heterocycles. The number of aryl methyl sites for hydroxylation is 1. The van der Waals surface area contributed by atoms with E-state index >= 15 is 0 Å². The Bertz CT molecular complexity index is 679. The van der Waals surface area contributed by atoms with Crippen LogP contribution in [0.15, 0.2) is 36.4 Å². The van der Waals surface area contributed by atoms with Gasteiger partial charge in [0.05, 0.1) is 11.1 Å². The van der Waals surface area contributed by atoms with Crippen molar-refractivity contribution in [2.75, 3.05) is 6.61 Å². The SMILES string of the molecule is Cc1ccc(OCc2c(F)cccc2F)c(C#CCO)c1. The van der Waals surface area contributed by atoms with Crippen molar-refractivity contribution in [2.24, 2.45) is 0 Å². The molecular weight excluding hydrogens is 274 g/mol. The Kier molecular flexibility index (Phi) is 4.91. The predicted octanol–water partition coefficient (Wildman–Crippen LogP) is 3.20. The second-order valence-electron chi connectivity index (χ2n) is 4.45. The van der Waals surface area contributed by atoms with Gasteiger partial charge in [-0.15, -0.1) is 0 Å². The summed E-state index contributed by atoms with van der Waals surface area (Å²) >= 11 is 0. The summed E-state index contributed by atoms with van der Waals surface area (Å²) in [5.41, 5.74) is 1.42. The minimum absolute atomic E-state index is 0.126. The van der Waals surface area contributed by atoms with Crippen molar-refractivity contribution >= 4 is 0 Å². The molecule has 0 heterocycles. The Morgan fingerprint density at radius 2 is 1.86 bits per heavy atom. The monoisotopic (exact) mass is 288 g/mol. The van der Waals surface area contributed by atoms with Crippen LogP contribution in [0.4, 0.5) is 8.78 Å². The molecule has 0 fully saturated rings. The third-order valence-corrected chi connectivity index (χ3v) is 2.87. The molecule has 2 rings (SSSR count). The van der Waals surface area contributed by atoms with Crippen LogP contribution in [-0.4, -0.2) is 11.7 Å². The highest BCUT2D eigenvalue weighted by atomic mass is 19.1. The number of hydrogen-bond donors (Lipinski definition) is 1. The van der Waals surface area contributed by atoms with E-state index in [1.807, 2.05) is 13.0 Å². The van der Waals surface area contributed by atoms with Gasteiger partial charge in [-0.05, 0) is 36.8 Å². The molecule has 0 amide bonds. The molecule has 0 aliphatic carbocycles. The number of halogens is 2. The third-order valence-electron chi connectivity index (χ3n) is 2.87. The van der Waals surface area contributed by atoms with E-state index in [1.165, 1.54) is 18.2 Å². The molecule has 0 aromatic heterocycles. The van der Waals surface area contributed by atoms with Crippen LogP contribution in [0.25, 0.3) is 0 Å². The van der Waals surface area contributed by atoms with Crippen LogP contribution in [0.2, 0.25) is 0 Å². The first-order valence-corrected chi connectivity index (χ1v) is 6.38. The largest absolute Gasteiger partial charge is 0.487 e. The summed E-state index contributed by atoms with van der Waals surface area (Å²) in [6, 6.07) is 8.97. The number of aliphatic hydroxyl groups excluding tert-OH is 1. The quantitative estimate of drug-likeness (QED) is 0.879. The zero-order valence-electron chi connectivity index (χ0n) is 11.5. The summed E-state index contributed by atoms with van der Waals surface area (Å²) < 4.78 is 32.6. The van der Waals surface area contributed by atoms with Crippen molar-refractivity contribution in [3.05, 3.63) is 64.7 Å². The second kappa shape index (κ2) is 6.87. The molecule has 2 nitrogen and oxygen atoms in total. The van der Waals surface area contributed by atoms with Crippen molar-refractivity contribution in [1.82, 2.24) is 0 Å². The lowest BCUT2D eigenvalue weighted by molar-refractivity contribution is 0.291. The van der Waals surface area contributed by atoms with Crippen LogP contribution in [-0.2, 0) is 6.61 Å². The fraction of sp³-hybridized carbons (Fsp3) is 0.176. The van der Waals surface area contributed by atoms with Gasteiger partial charge in [-0.25, -0.2) is 8.78 Å². The van der Waals surface area contributed by atoms with Crippen molar-refractivity contribution in [1.29, 1.82) is 0 Å². The minimum atomic E-state index is -0.648. The molecule has 2 aromatic carbocycles. The van der Waals surface area contributed by atoms with Gasteiger partial charge >= 0.3 is 0 Å². The second-order valence-corrected chi connectivity index (χ2v) is 4.45. The van der Waals surface area contributed by atoms with Crippen molar-refractivity contribution in [3.63, 3.8) is 0 Å². The molecule has 0 bridgehead atoms. The first-order chi connectivity index (χ1) is 10.1. The average Bonchev–Trinajstić information content (AvgIpc) is 2.46. The lowest BCUT2D eigenvalue weighted by Crippen LogP contribution is -2.03. The number of ether oxygens (including phenoxy) is 1. The molecule has 0 unspecified atom stereocenters. The van der Waals surface area contributed by atoms with E-state index in [9.17, 15) is 8.78 Å². The molecule has 1 N–H and O–H groups in total. The van der Waals surface area contributed by atoms with Gasteiger partial charge in [0.15, 0.2) is 0 Å². The van der Waals surface area contributed by atoms with Gasteiger partial charge in [-0.1, -0.05) is 24.0 Å². The maximum absolute atomic E-state index is 13.5. The molecule has 21 heavy (non-hydrogen) atoms. The van der Waals surface area contributed by atoms with E-state index in [0.717, 1.165) is 5.56 Å². The van der Waals surface area contributed by atoms with Crippen LogP contribution in [0.1, 0.15) is 16.7 Å². The highest BCUT2D eigenvalue weighted by Crippen LogP contribution is 2.22. The Hall–Kier alpha value is -2.38. The Morgan fingerprint density at radius 1 is 1.14 bits per heavy atom. The summed E-state index contributed by atoms with van der Waals surface area (Å²) in [5.74, 6) is 4.41. The molecule has 108 valence electrons. The first kappa shape index (κ1) is 15.0. The molecule has 0 aliphatic heterocycles. The van der Waals surface area contributed by atoms with E-state index in [2.05, 4.69) is 11.8 Å². The molecule has 0 aliphatic rings. The van der Waals surface area contributed by atoms with Crippen LogP contribution < -0.4 is 4.74 Å². The van der Waals surface area contributed by atoms with Crippen LogP contribution in [0.5, 0.6) is 5.75 Å². The Labute approximate surface area is 122 Å². The maximum Gasteiger partial charge on any atom is 0.135 e. The molecule has 0 radical (unpaired) electrons. The standard InChI is InChI=1S/C17H14F2O2/c1-12-7-8-17(13(10-12)4-3-9-20)21-11-14-15(18)5-2-6-16(14)19/h2,5-8,10,20H,9,11H2,1H3. The van der Waals surface area contributed by atoms with Crippen molar-refractivity contribution in [2.45, 2.75) is 13.5 Å². The number of hydrogen-bond acceptors (Lipinski definition) is 2. The fourth-order valence-electron chi connectivity index (χ4n) is 1.82. The van der Waals surface area contributed by atoms with Gasteiger partial charge < -0.3 is 9.84 Å². The van der Waals surface area contributed by atoms with Gasteiger partial charge in [-0.2, -0.15) is 0 Å². The van der Waals surface area contributed by atoms with Gasteiger partial charge in [0.1, 0.15) is 30.6 Å². The summed E-state index contributed by atoms with van der Waals surface area (Å²) in [6.45, 7) is 1.40. The highest BCUT2D eigenvalue weighted by Gasteiger charge is 2.10. The fourth-order valence-corrected chi connectivity index (χ4v) is 1.82. The summed E-state index contributed by atoms with van der Waals surface area (Å²) in [6.07, 6.45) is 0. The lowest BCUT2D eigenvalue weighted by Gasteiger charge is -2.10. The third kappa shape index (κ3) is 3.80. The number of rotatable bonds is 3. The normalized spacial score (nSPS) is 9.90. The van der Waals surface area contributed by atoms with E-state index in [-0.39, 0.29) is 18.8 Å². The minimum Gasteiger partial charge on any atom is -0.487 e. The zero-order chi connectivity index (χ0) is 15.2. The van der Waals surface area contributed by atoms with Gasteiger partial charge in [0, 0.05) is 0 Å². The smallest absolute Gasteiger partial charge is 0.135 e. The molecule has 0 atom stereocenters. The van der Waals surface area contributed by atoms with Gasteiger partial charge in [-0.3, -0.25) is 0 Å². The molecule has 0 saturated carbocycles. The molecule has 4 heteroatoms. The number of aliphatic hydroxyl groups is 1. The Morgan fingerprint density at radius 3 is 2.52 bits per heavy atom.